The maximum Gasteiger partial charge on any atom is 0.227 e. The number of aryl methyl sites for hydroxylation is 1. The van der Waals surface area contributed by atoms with Crippen molar-refractivity contribution in [3.63, 3.8) is 0 Å². The summed E-state index contributed by atoms with van der Waals surface area (Å²) in [5.41, 5.74) is 2.21. The number of thiazole rings is 1. The predicted octanol–water partition coefficient (Wildman–Crippen LogP) is 5.23. The number of carbonyl (C=O) groups excluding carboxylic acids is 1. The SMILES string of the molecule is Cc1ccc(S(=O)(=O)CCC(=O)Nc2nc(-c3cc(Cl)ccc3Cl)cs2)cc1. The van der Waals surface area contributed by atoms with Crippen LogP contribution in [0.1, 0.15) is 12.0 Å². The molecule has 0 unspecified atom stereocenters. The molecule has 9 heteroatoms. The molecule has 28 heavy (non-hydrogen) atoms. The average Bonchev–Trinajstić information content (AvgIpc) is 3.11. The Hall–Kier alpha value is -1.93. The summed E-state index contributed by atoms with van der Waals surface area (Å²) in [6.45, 7) is 1.88. The lowest BCUT2D eigenvalue weighted by Gasteiger charge is -2.05. The average molecular weight is 455 g/mol. The molecule has 0 saturated carbocycles. The Labute approximate surface area is 177 Å². The van der Waals surface area contributed by atoms with Crippen molar-refractivity contribution >= 4 is 55.4 Å². The lowest BCUT2D eigenvalue weighted by Crippen LogP contribution is -2.17. The first kappa shape index (κ1) is 20.8. The zero-order valence-electron chi connectivity index (χ0n) is 14.8. The second-order valence-corrected chi connectivity index (χ2v) is 9.90. The van der Waals surface area contributed by atoms with Gasteiger partial charge in [0.25, 0.3) is 0 Å². The van der Waals surface area contributed by atoms with Crippen LogP contribution in [0.5, 0.6) is 0 Å². The molecule has 1 N–H and O–H groups in total. The number of rotatable bonds is 6. The van der Waals surface area contributed by atoms with Crippen LogP contribution in [0.15, 0.2) is 52.7 Å². The number of amides is 1. The molecule has 0 saturated heterocycles. The quantitative estimate of drug-likeness (QED) is 0.553. The Balaban J connectivity index is 1.63. The highest BCUT2D eigenvalue weighted by Crippen LogP contribution is 2.32. The third-order valence-electron chi connectivity index (χ3n) is 3.93. The van der Waals surface area contributed by atoms with Gasteiger partial charge >= 0.3 is 0 Å². The van der Waals surface area contributed by atoms with Crippen LogP contribution < -0.4 is 5.32 Å². The van der Waals surface area contributed by atoms with Crippen molar-refractivity contribution in [3.8, 4) is 11.3 Å². The fourth-order valence-corrected chi connectivity index (χ4v) is 4.77. The maximum atomic E-state index is 12.3. The van der Waals surface area contributed by atoms with Crippen LogP contribution in [-0.4, -0.2) is 25.1 Å². The summed E-state index contributed by atoms with van der Waals surface area (Å²) >= 11 is 13.4. The molecule has 1 heterocycles. The number of carbonyl (C=O) groups is 1. The highest BCUT2D eigenvalue weighted by atomic mass is 35.5. The molecule has 1 aromatic heterocycles. The normalized spacial score (nSPS) is 11.4. The largest absolute Gasteiger partial charge is 0.302 e. The third-order valence-corrected chi connectivity index (χ3v) is 6.99. The highest BCUT2D eigenvalue weighted by molar-refractivity contribution is 7.91. The van der Waals surface area contributed by atoms with E-state index in [9.17, 15) is 13.2 Å². The highest BCUT2D eigenvalue weighted by Gasteiger charge is 2.17. The Morgan fingerprint density at radius 3 is 2.57 bits per heavy atom. The smallest absolute Gasteiger partial charge is 0.227 e. The van der Waals surface area contributed by atoms with Crippen LogP contribution in [0.25, 0.3) is 11.3 Å². The molecule has 0 spiro atoms. The number of aromatic nitrogens is 1. The van der Waals surface area contributed by atoms with Gasteiger partial charge in [0.1, 0.15) is 0 Å². The van der Waals surface area contributed by atoms with Gasteiger partial charge in [-0.2, -0.15) is 0 Å². The van der Waals surface area contributed by atoms with Crippen LogP contribution in [0.3, 0.4) is 0 Å². The summed E-state index contributed by atoms with van der Waals surface area (Å²) in [5.74, 6) is -0.700. The first-order chi connectivity index (χ1) is 13.2. The van der Waals surface area contributed by atoms with Crippen molar-refractivity contribution in [3.05, 3.63) is 63.5 Å². The van der Waals surface area contributed by atoms with Gasteiger partial charge in [0.15, 0.2) is 15.0 Å². The Bertz CT molecular complexity index is 1110. The number of hydrogen-bond donors (Lipinski definition) is 1. The molecule has 0 atom stereocenters. The minimum absolute atomic E-state index is 0.164. The summed E-state index contributed by atoms with van der Waals surface area (Å²) in [6.07, 6.45) is -0.164. The molecule has 0 fully saturated rings. The first-order valence-electron chi connectivity index (χ1n) is 8.25. The second-order valence-electron chi connectivity index (χ2n) is 6.09. The molecule has 1 amide bonds. The van der Waals surface area contributed by atoms with Gasteiger partial charge in [0, 0.05) is 22.4 Å². The fraction of sp³-hybridized carbons (Fsp3) is 0.158. The second kappa shape index (κ2) is 8.61. The van der Waals surface area contributed by atoms with E-state index in [4.69, 9.17) is 23.2 Å². The lowest BCUT2D eigenvalue weighted by atomic mass is 10.2. The maximum absolute atomic E-state index is 12.3. The summed E-state index contributed by atoms with van der Waals surface area (Å²) in [4.78, 5) is 16.7. The van der Waals surface area contributed by atoms with Crippen molar-refractivity contribution in [1.82, 2.24) is 4.98 Å². The van der Waals surface area contributed by atoms with Gasteiger partial charge in [-0.1, -0.05) is 40.9 Å². The van der Waals surface area contributed by atoms with Crippen molar-refractivity contribution < 1.29 is 13.2 Å². The van der Waals surface area contributed by atoms with Crippen molar-refractivity contribution in [2.45, 2.75) is 18.2 Å². The molecule has 0 aliphatic heterocycles. The van der Waals surface area contributed by atoms with Gasteiger partial charge in [0.05, 0.1) is 21.4 Å². The number of benzene rings is 2. The van der Waals surface area contributed by atoms with E-state index in [1.807, 2.05) is 6.92 Å². The molecule has 0 radical (unpaired) electrons. The van der Waals surface area contributed by atoms with E-state index in [0.717, 1.165) is 5.56 Å². The molecule has 0 bridgehead atoms. The van der Waals surface area contributed by atoms with Gasteiger partial charge in [0.2, 0.25) is 5.91 Å². The van der Waals surface area contributed by atoms with Gasteiger partial charge in [-0.25, -0.2) is 13.4 Å². The van der Waals surface area contributed by atoms with Crippen molar-refractivity contribution in [2.24, 2.45) is 0 Å². The molecule has 3 aromatic rings. The van der Waals surface area contributed by atoms with Gasteiger partial charge in [-0.05, 0) is 37.3 Å². The molecule has 146 valence electrons. The zero-order chi connectivity index (χ0) is 20.3. The minimum Gasteiger partial charge on any atom is -0.302 e. The van der Waals surface area contributed by atoms with Crippen LogP contribution in [-0.2, 0) is 14.6 Å². The van der Waals surface area contributed by atoms with Crippen molar-refractivity contribution in [2.75, 3.05) is 11.1 Å². The summed E-state index contributed by atoms with van der Waals surface area (Å²) in [6, 6.07) is 11.6. The molecular formula is C19H16Cl2N2O3S2. The van der Waals surface area contributed by atoms with Gasteiger partial charge in [-0.15, -0.1) is 11.3 Å². The zero-order valence-corrected chi connectivity index (χ0v) is 17.9. The lowest BCUT2D eigenvalue weighted by molar-refractivity contribution is -0.115. The minimum atomic E-state index is -3.52. The summed E-state index contributed by atoms with van der Waals surface area (Å²) in [5, 5.41) is 5.76. The molecule has 3 rings (SSSR count). The number of halogens is 2. The number of sulfone groups is 1. The van der Waals surface area contributed by atoms with Gasteiger partial charge in [-0.3, -0.25) is 4.79 Å². The Kier molecular flexibility index (Phi) is 6.40. The van der Waals surface area contributed by atoms with Crippen molar-refractivity contribution in [1.29, 1.82) is 0 Å². The number of anilines is 1. The van der Waals surface area contributed by atoms with E-state index in [2.05, 4.69) is 10.3 Å². The van der Waals surface area contributed by atoms with E-state index in [1.54, 1.807) is 47.8 Å². The van der Waals surface area contributed by atoms with Crippen LogP contribution >= 0.6 is 34.5 Å². The number of nitrogens with zero attached hydrogens (tertiary/aromatic N) is 1. The standard InChI is InChI=1S/C19H16Cl2N2O3S2/c1-12-2-5-14(6-3-12)28(25,26)9-8-18(24)23-19-22-17(11-27-19)15-10-13(20)4-7-16(15)21/h2-7,10-11H,8-9H2,1H3,(H,22,23,24). The monoisotopic (exact) mass is 454 g/mol. The number of nitrogens with one attached hydrogen (secondary N) is 1. The summed E-state index contributed by atoms with van der Waals surface area (Å²) < 4.78 is 24.7. The van der Waals surface area contributed by atoms with E-state index in [0.29, 0.717) is 26.4 Å². The molecule has 0 aliphatic carbocycles. The van der Waals surface area contributed by atoms with E-state index in [1.165, 1.54) is 11.3 Å². The van der Waals surface area contributed by atoms with E-state index >= 15 is 0 Å². The number of hydrogen-bond acceptors (Lipinski definition) is 5. The van der Waals surface area contributed by atoms with Crippen LogP contribution in [0, 0.1) is 6.92 Å². The fourth-order valence-electron chi connectivity index (χ4n) is 2.42. The van der Waals surface area contributed by atoms with E-state index in [-0.39, 0.29) is 17.1 Å². The predicted molar refractivity (Wildman–Crippen MR) is 114 cm³/mol. The van der Waals surface area contributed by atoms with Crippen LogP contribution in [0.2, 0.25) is 10.0 Å². The molecule has 0 aliphatic rings. The van der Waals surface area contributed by atoms with Crippen LogP contribution in [0.4, 0.5) is 5.13 Å². The van der Waals surface area contributed by atoms with E-state index < -0.39 is 15.7 Å². The molecule has 5 nitrogen and oxygen atoms in total. The Morgan fingerprint density at radius 2 is 1.86 bits per heavy atom. The topological polar surface area (TPSA) is 76.1 Å². The molecular weight excluding hydrogens is 439 g/mol. The first-order valence-corrected chi connectivity index (χ1v) is 11.5. The van der Waals surface area contributed by atoms with Gasteiger partial charge < -0.3 is 5.32 Å². The Morgan fingerprint density at radius 1 is 1.14 bits per heavy atom. The third kappa shape index (κ3) is 5.11. The summed E-state index contributed by atoms with van der Waals surface area (Å²) in [7, 11) is -3.52. The molecule has 2 aromatic carbocycles.